The molecule has 3 aromatic rings. The minimum atomic E-state index is -0.136. The van der Waals surface area contributed by atoms with Crippen molar-refractivity contribution in [1.82, 2.24) is 0 Å². The summed E-state index contributed by atoms with van der Waals surface area (Å²) in [6, 6.07) is 18.1. The Bertz CT molecular complexity index is 789. The molecule has 21 heavy (non-hydrogen) atoms. The highest BCUT2D eigenvalue weighted by Crippen LogP contribution is 2.56. The molecule has 0 amide bonds. The van der Waals surface area contributed by atoms with Gasteiger partial charge in [-0.05, 0) is 30.5 Å². The van der Waals surface area contributed by atoms with Crippen molar-refractivity contribution in [1.29, 1.82) is 0 Å². The molecular weight excluding hydrogens is 282 g/mol. The number of hydrogen-bond acceptors (Lipinski definition) is 2. The molecule has 1 aliphatic rings. The van der Waals surface area contributed by atoms with E-state index in [9.17, 15) is 0 Å². The highest BCUT2D eigenvalue weighted by molar-refractivity contribution is 6.34. The van der Waals surface area contributed by atoms with Gasteiger partial charge in [-0.25, -0.2) is 0 Å². The molecule has 2 aromatic carbocycles. The third kappa shape index (κ3) is 1.98. The van der Waals surface area contributed by atoms with Gasteiger partial charge in [-0.15, -0.1) is 0 Å². The van der Waals surface area contributed by atoms with E-state index >= 15 is 0 Å². The van der Waals surface area contributed by atoms with Crippen LogP contribution >= 0.6 is 11.6 Å². The number of fused-ring (bicyclic) bond motifs is 1. The van der Waals surface area contributed by atoms with Crippen LogP contribution in [0, 0.1) is 0 Å². The summed E-state index contributed by atoms with van der Waals surface area (Å²) in [4.78, 5) is 0. The molecule has 2 nitrogen and oxygen atoms in total. The number of halogens is 1. The second kappa shape index (κ2) is 4.62. The fourth-order valence-corrected chi connectivity index (χ4v) is 3.38. The summed E-state index contributed by atoms with van der Waals surface area (Å²) in [5, 5.41) is 1.65. The monoisotopic (exact) mass is 297 g/mol. The first-order chi connectivity index (χ1) is 10.2. The summed E-state index contributed by atoms with van der Waals surface area (Å²) in [6.45, 7) is 0. The van der Waals surface area contributed by atoms with Gasteiger partial charge in [-0.2, -0.15) is 0 Å². The second-order valence-electron chi connectivity index (χ2n) is 5.81. The van der Waals surface area contributed by atoms with Crippen LogP contribution in [-0.2, 0) is 5.41 Å². The number of benzene rings is 2. The van der Waals surface area contributed by atoms with Crippen LogP contribution in [0.15, 0.2) is 59.0 Å². The average molecular weight is 298 g/mol. The molecule has 1 atom stereocenters. The lowest BCUT2D eigenvalue weighted by molar-refractivity contribution is 0.431. The van der Waals surface area contributed by atoms with Gasteiger partial charge in [0.05, 0.1) is 11.1 Å². The minimum Gasteiger partial charge on any atom is -0.458 e. The number of rotatable bonds is 3. The lowest BCUT2D eigenvalue weighted by Crippen LogP contribution is -2.25. The molecule has 1 saturated carbocycles. The fraction of sp³-hybridized carbons (Fsp3) is 0.222. The Balaban J connectivity index is 1.77. The molecule has 4 rings (SSSR count). The van der Waals surface area contributed by atoms with Crippen LogP contribution < -0.4 is 5.73 Å². The number of nitrogens with two attached hydrogens (primary N) is 1. The average Bonchev–Trinajstić information content (AvgIpc) is 3.21. The van der Waals surface area contributed by atoms with E-state index in [1.165, 1.54) is 5.56 Å². The zero-order chi connectivity index (χ0) is 14.4. The van der Waals surface area contributed by atoms with E-state index < -0.39 is 0 Å². The van der Waals surface area contributed by atoms with Gasteiger partial charge in [0, 0.05) is 10.8 Å². The highest BCUT2D eigenvalue weighted by Gasteiger charge is 2.50. The van der Waals surface area contributed by atoms with E-state index in [1.807, 2.05) is 30.3 Å². The van der Waals surface area contributed by atoms with Crippen molar-refractivity contribution in [3.05, 3.63) is 70.9 Å². The summed E-state index contributed by atoms with van der Waals surface area (Å²) in [7, 11) is 0. The molecule has 0 radical (unpaired) electrons. The molecular formula is C18H16ClNO. The number of furan rings is 1. The van der Waals surface area contributed by atoms with Gasteiger partial charge in [-0.3, -0.25) is 0 Å². The third-order valence-electron chi connectivity index (χ3n) is 4.55. The molecule has 0 aliphatic heterocycles. The topological polar surface area (TPSA) is 39.2 Å². The zero-order valence-electron chi connectivity index (χ0n) is 11.6. The lowest BCUT2D eigenvalue weighted by Gasteiger charge is -2.22. The van der Waals surface area contributed by atoms with Gasteiger partial charge in [-0.1, -0.05) is 54.1 Å². The maximum Gasteiger partial charge on any atom is 0.152 e. The lowest BCUT2D eigenvalue weighted by atomic mass is 9.87. The van der Waals surface area contributed by atoms with Gasteiger partial charge < -0.3 is 10.2 Å². The van der Waals surface area contributed by atoms with Crippen LogP contribution in [0.5, 0.6) is 0 Å². The molecule has 1 aromatic heterocycles. The molecule has 1 fully saturated rings. The SMILES string of the molecule is NC(c1cc2cccc(Cl)c2o1)C1(c2ccccc2)CC1. The van der Waals surface area contributed by atoms with Gasteiger partial charge >= 0.3 is 0 Å². The summed E-state index contributed by atoms with van der Waals surface area (Å²) in [5.41, 5.74) is 8.59. The quantitative estimate of drug-likeness (QED) is 0.753. The predicted molar refractivity (Wildman–Crippen MR) is 85.5 cm³/mol. The van der Waals surface area contributed by atoms with Crippen LogP contribution in [0.1, 0.15) is 30.2 Å². The van der Waals surface area contributed by atoms with Gasteiger partial charge in [0.2, 0.25) is 0 Å². The predicted octanol–water partition coefficient (Wildman–Crippen LogP) is 4.82. The highest BCUT2D eigenvalue weighted by atomic mass is 35.5. The van der Waals surface area contributed by atoms with Crippen LogP contribution in [0.25, 0.3) is 11.0 Å². The summed E-state index contributed by atoms with van der Waals surface area (Å²) in [5.74, 6) is 0.819. The third-order valence-corrected chi connectivity index (χ3v) is 4.85. The Labute approximate surface area is 128 Å². The Morgan fingerprint density at radius 3 is 2.48 bits per heavy atom. The minimum absolute atomic E-state index is 0.0155. The van der Waals surface area contributed by atoms with Crippen molar-refractivity contribution in [2.45, 2.75) is 24.3 Å². The second-order valence-corrected chi connectivity index (χ2v) is 6.21. The first-order valence-electron chi connectivity index (χ1n) is 7.20. The first kappa shape index (κ1) is 12.9. The molecule has 1 heterocycles. The van der Waals surface area contributed by atoms with Crippen LogP contribution in [0.4, 0.5) is 0 Å². The Morgan fingerprint density at radius 1 is 1.05 bits per heavy atom. The standard InChI is InChI=1S/C18H16ClNO/c19-14-8-4-5-12-11-15(21-16(12)14)17(20)18(9-10-18)13-6-2-1-3-7-13/h1-8,11,17H,9-10,20H2. The molecule has 0 spiro atoms. The molecule has 0 bridgehead atoms. The normalized spacial score (nSPS) is 17.8. The van der Waals surface area contributed by atoms with E-state index in [1.54, 1.807) is 0 Å². The van der Waals surface area contributed by atoms with E-state index in [0.717, 1.165) is 29.6 Å². The number of para-hydroxylation sites is 1. The van der Waals surface area contributed by atoms with Crippen molar-refractivity contribution >= 4 is 22.6 Å². The van der Waals surface area contributed by atoms with Crippen LogP contribution in [0.3, 0.4) is 0 Å². The Morgan fingerprint density at radius 2 is 1.81 bits per heavy atom. The smallest absolute Gasteiger partial charge is 0.152 e. The molecule has 1 aliphatic carbocycles. The van der Waals surface area contributed by atoms with Crippen molar-refractivity contribution < 1.29 is 4.42 Å². The van der Waals surface area contributed by atoms with Crippen molar-refractivity contribution in [3.63, 3.8) is 0 Å². The molecule has 0 saturated heterocycles. The van der Waals surface area contributed by atoms with Gasteiger partial charge in [0.1, 0.15) is 5.76 Å². The van der Waals surface area contributed by atoms with E-state index in [0.29, 0.717) is 5.02 Å². The molecule has 1 unspecified atom stereocenters. The van der Waals surface area contributed by atoms with Crippen LogP contribution in [-0.4, -0.2) is 0 Å². The number of hydrogen-bond donors (Lipinski definition) is 1. The summed E-state index contributed by atoms with van der Waals surface area (Å²) < 4.78 is 5.95. The maximum absolute atomic E-state index is 6.54. The summed E-state index contributed by atoms with van der Waals surface area (Å²) in [6.07, 6.45) is 2.20. The van der Waals surface area contributed by atoms with E-state index in [4.69, 9.17) is 21.8 Å². The molecule has 2 N–H and O–H groups in total. The first-order valence-corrected chi connectivity index (χ1v) is 7.58. The Hall–Kier alpha value is -1.77. The van der Waals surface area contributed by atoms with Gasteiger partial charge in [0.15, 0.2) is 5.58 Å². The fourth-order valence-electron chi connectivity index (χ4n) is 3.16. The van der Waals surface area contributed by atoms with Crippen molar-refractivity contribution in [3.8, 4) is 0 Å². The van der Waals surface area contributed by atoms with Crippen molar-refractivity contribution in [2.24, 2.45) is 5.73 Å². The van der Waals surface area contributed by atoms with Crippen molar-refractivity contribution in [2.75, 3.05) is 0 Å². The Kier molecular flexibility index (Phi) is 2.84. The molecule has 106 valence electrons. The summed E-state index contributed by atoms with van der Waals surface area (Å²) >= 11 is 6.19. The zero-order valence-corrected chi connectivity index (χ0v) is 12.3. The van der Waals surface area contributed by atoms with E-state index in [2.05, 4.69) is 24.3 Å². The maximum atomic E-state index is 6.54. The van der Waals surface area contributed by atoms with Gasteiger partial charge in [0.25, 0.3) is 0 Å². The van der Waals surface area contributed by atoms with E-state index in [-0.39, 0.29) is 11.5 Å². The largest absolute Gasteiger partial charge is 0.458 e. The molecule has 3 heteroatoms. The van der Waals surface area contributed by atoms with Crippen LogP contribution in [0.2, 0.25) is 5.02 Å².